The Hall–Kier alpha value is -4.08. The number of anilines is 1. The van der Waals surface area contributed by atoms with Crippen molar-refractivity contribution in [2.24, 2.45) is 0 Å². The summed E-state index contributed by atoms with van der Waals surface area (Å²) in [5.41, 5.74) is 7.91. The van der Waals surface area contributed by atoms with Crippen LogP contribution in [0.25, 0.3) is 28.7 Å². The first-order valence-corrected chi connectivity index (χ1v) is 8.56. The lowest BCUT2D eigenvalue weighted by Crippen LogP contribution is -2.03. The van der Waals surface area contributed by atoms with Gasteiger partial charge in [-0.2, -0.15) is 9.67 Å². The molecule has 0 aliphatic rings. The van der Waals surface area contributed by atoms with Gasteiger partial charge in [-0.05, 0) is 24.3 Å². The van der Waals surface area contributed by atoms with Crippen molar-refractivity contribution in [1.82, 2.24) is 25.1 Å². The minimum absolute atomic E-state index is 0.162. The van der Waals surface area contributed by atoms with Gasteiger partial charge in [-0.1, -0.05) is 10.4 Å². The van der Waals surface area contributed by atoms with E-state index in [9.17, 15) is 0 Å². The first-order chi connectivity index (χ1) is 14.1. The molecule has 29 heavy (non-hydrogen) atoms. The average molecular weight is 394 g/mol. The molecule has 0 aliphatic carbocycles. The van der Waals surface area contributed by atoms with Gasteiger partial charge in [-0.15, -0.1) is 5.10 Å². The van der Waals surface area contributed by atoms with Gasteiger partial charge in [0.2, 0.25) is 5.82 Å². The van der Waals surface area contributed by atoms with Crippen LogP contribution in [0.1, 0.15) is 0 Å². The van der Waals surface area contributed by atoms with Gasteiger partial charge in [0, 0.05) is 23.8 Å². The quantitative estimate of drug-likeness (QED) is 0.525. The summed E-state index contributed by atoms with van der Waals surface area (Å²) in [6, 6.07) is 12.5. The summed E-state index contributed by atoms with van der Waals surface area (Å²) in [4.78, 5) is 4.38. The van der Waals surface area contributed by atoms with Crippen molar-refractivity contribution in [2.45, 2.75) is 0 Å². The third kappa shape index (κ3) is 3.43. The van der Waals surface area contributed by atoms with Crippen molar-refractivity contribution in [3.05, 3.63) is 42.5 Å². The number of nitrogens with two attached hydrogens (primary N) is 1. The molecule has 4 aromatic rings. The Kier molecular flexibility index (Phi) is 4.73. The number of rotatable bonds is 6. The lowest BCUT2D eigenvalue weighted by Gasteiger charge is -2.08. The second kappa shape index (κ2) is 7.50. The molecule has 0 saturated heterocycles. The van der Waals surface area contributed by atoms with E-state index in [2.05, 4.69) is 20.5 Å². The largest absolute Gasteiger partial charge is 0.497 e. The maximum absolute atomic E-state index is 6.25. The number of nitrogen functional groups attached to an aromatic ring is 1. The maximum atomic E-state index is 6.25. The fourth-order valence-electron chi connectivity index (χ4n) is 2.72. The SMILES string of the molecule is COc1ccc(-c2noc(-c3nnn(-c4cc(OC)cc(OC)c4)c3N)n2)cc1. The molecule has 4 rings (SSSR count). The Labute approximate surface area is 165 Å². The van der Waals surface area contributed by atoms with E-state index in [0.717, 1.165) is 11.3 Å². The second-order valence-corrected chi connectivity index (χ2v) is 5.96. The highest BCUT2D eigenvalue weighted by Crippen LogP contribution is 2.30. The molecule has 0 amide bonds. The van der Waals surface area contributed by atoms with Crippen LogP contribution in [0.5, 0.6) is 17.2 Å². The minimum atomic E-state index is 0.162. The summed E-state index contributed by atoms with van der Waals surface area (Å²) in [6.45, 7) is 0. The molecule has 2 heterocycles. The van der Waals surface area contributed by atoms with E-state index in [1.165, 1.54) is 4.68 Å². The normalized spacial score (nSPS) is 10.7. The summed E-state index contributed by atoms with van der Waals surface area (Å²) in [5, 5.41) is 12.2. The minimum Gasteiger partial charge on any atom is -0.497 e. The molecular weight excluding hydrogens is 376 g/mol. The van der Waals surface area contributed by atoms with Crippen LogP contribution in [0, 0.1) is 0 Å². The number of methoxy groups -OCH3 is 3. The average Bonchev–Trinajstić information content (AvgIpc) is 3.40. The summed E-state index contributed by atoms with van der Waals surface area (Å²) in [7, 11) is 4.73. The monoisotopic (exact) mass is 394 g/mol. The smallest absolute Gasteiger partial charge is 0.282 e. The van der Waals surface area contributed by atoms with Crippen molar-refractivity contribution in [1.29, 1.82) is 0 Å². The number of benzene rings is 2. The molecule has 0 unspecified atom stereocenters. The molecule has 0 atom stereocenters. The number of hydrogen-bond donors (Lipinski definition) is 1. The molecule has 10 nitrogen and oxygen atoms in total. The van der Waals surface area contributed by atoms with E-state index in [1.807, 2.05) is 24.3 Å². The maximum Gasteiger partial charge on any atom is 0.282 e. The second-order valence-electron chi connectivity index (χ2n) is 5.96. The predicted molar refractivity (Wildman–Crippen MR) is 104 cm³/mol. The molecule has 0 radical (unpaired) electrons. The van der Waals surface area contributed by atoms with Crippen LogP contribution in [0.2, 0.25) is 0 Å². The lowest BCUT2D eigenvalue weighted by molar-refractivity contribution is 0.394. The van der Waals surface area contributed by atoms with E-state index >= 15 is 0 Å². The molecule has 0 spiro atoms. The highest BCUT2D eigenvalue weighted by molar-refractivity contribution is 5.67. The number of ether oxygens (including phenoxy) is 3. The summed E-state index contributed by atoms with van der Waals surface area (Å²) >= 11 is 0. The summed E-state index contributed by atoms with van der Waals surface area (Å²) in [5.74, 6) is 2.73. The van der Waals surface area contributed by atoms with E-state index < -0.39 is 0 Å². The zero-order chi connectivity index (χ0) is 20.4. The standard InChI is InChI=1S/C19H18N6O4/c1-26-13-6-4-11(5-7-13)18-21-19(29-23-18)16-17(20)25(24-22-16)12-8-14(27-2)10-15(9-12)28-3/h4-10H,20H2,1-3H3. The fraction of sp³-hybridized carbons (Fsp3) is 0.158. The van der Waals surface area contributed by atoms with E-state index in [-0.39, 0.29) is 17.4 Å². The van der Waals surface area contributed by atoms with Gasteiger partial charge in [0.1, 0.15) is 17.2 Å². The van der Waals surface area contributed by atoms with Gasteiger partial charge in [0.05, 0.1) is 27.0 Å². The summed E-state index contributed by atoms with van der Waals surface area (Å²) in [6.07, 6.45) is 0. The number of aromatic nitrogens is 5. The van der Waals surface area contributed by atoms with E-state index in [0.29, 0.717) is 23.0 Å². The lowest BCUT2D eigenvalue weighted by atomic mass is 10.2. The van der Waals surface area contributed by atoms with Gasteiger partial charge in [-0.3, -0.25) is 0 Å². The predicted octanol–water partition coefficient (Wildman–Crippen LogP) is 2.59. The van der Waals surface area contributed by atoms with Crippen LogP contribution in [0.15, 0.2) is 47.0 Å². The Bertz CT molecular complexity index is 1110. The first-order valence-electron chi connectivity index (χ1n) is 8.56. The molecule has 2 aromatic carbocycles. The molecule has 148 valence electrons. The van der Waals surface area contributed by atoms with Crippen molar-refractivity contribution < 1.29 is 18.7 Å². The van der Waals surface area contributed by atoms with Crippen LogP contribution in [-0.2, 0) is 0 Å². The van der Waals surface area contributed by atoms with Gasteiger partial charge in [0.25, 0.3) is 5.89 Å². The topological polar surface area (TPSA) is 123 Å². The zero-order valence-corrected chi connectivity index (χ0v) is 16.0. The zero-order valence-electron chi connectivity index (χ0n) is 16.0. The molecule has 0 saturated carbocycles. The van der Waals surface area contributed by atoms with Crippen LogP contribution in [0.4, 0.5) is 5.82 Å². The van der Waals surface area contributed by atoms with E-state index in [1.54, 1.807) is 39.5 Å². The fourth-order valence-corrected chi connectivity index (χ4v) is 2.72. The number of nitrogens with zero attached hydrogens (tertiary/aromatic N) is 5. The van der Waals surface area contributed by atoms with Crippen LogP contribution < -0.4 is 19.9 Å². The number of hydrogen-bond acceptors (Lipinski definition) is 9. The van der Waals surface area contributed by atoms with Crippen LogP contribution in [-0.4, -0.2) is 46.5 Å². The Morgan fingerprint density at radius 2 is 1.55 bits per heavy atom. The molecule has 0 bridgehead atoms. The van der Waals surface area contributed by atoms with Gasteiger partial charge >= 0.3 is 0 Å². The van der Waals surface area contributed by atoms with Crippen LogP contribution >= 0.6 is 0 Å². The molecule has 10 heteroatoms. The van der Waals surface area contributed by atoms with E-state index in [4.69, 9.17) is 24.5 Å². The molecule has 2 N–H and O–H groups in total. The highest BCUT2D eigenvalue weighted by atomic mass is 16.5. The van der Waals surface area contributed by atoms with Crippen LogP contribution in [0.3, 0.4) is 0 Å². The first kappa shape index (κ1) is 18.3. The third-order valence-corrected chi connectivity index (χ3v) is 4.26. The van der Waals surface area contributed by atoms with Gasteiger partial charge < -0.3 is 24.5 Å². The van der Waals surface area contributed by atoms with Crippen molar-refractivity contribution in [2.75, 3.05) is 27.1 Å². The Morgan fingerprint density at radius 1 is 0.897 bits per heavy atom. The molecule has 0 aliphatic heterocycles. The van der Waals surface area contributed by atoms with Crippen molar-refractivity contribution in [3.8, 4) is 45.9 Å². The molecular formula is C19H18N6O4. The summed E-state index contributed by atoms with van der Waals surface area (Å²) < 4.78 is 22.5. The Morgan fingerprint density at radius 3 is 2.17 bits per heavy atom. The van der Waals surface area contributed by atoms with Gasteiger partial charge in [-0.25, -0.2) is 0 Å². The molecule has 2 aromatic heterocycles. The van der Waals surface area contributed by atoms with Gasteiger partial charge in [0.15, 0.2) is 11.5 Å². The molecule has 0 fully saturated rings. The Balaban J connectivity index is 1.68. The highest BCUT2D eigenvalue weighted by Gasteiger charge is 2.20. The third-order valence-electron chi connectivity index (χ3n) is 4.26. The van der Waals surface area contributed by atoms with Crippen molar-refractivity contribution in [3.63, 3.8) is 0 Å². The van der Waals surface area contributed by atoms with Crippen molar-refractivity contribution >= 4 is 5.82 Å².